The minimum absolute atomic E-state index is 0.664. The van der Waals surface area contributed by atoms with Crippen molar-refractivity contribution in [3.05, 3.63) is 35.0 Å². The number of fused-ring (bicyclic) bond motifs is 1. The summed E-state index contributed by atoms with van der Waals surface area (Å²) in [6, 6.07) is 6.70. The number of hydrogen-bond donors (Lipinski definition) is 1. The molecule has 0 saturated heterocycles. The van der Waals surface area contributed by atoms with E-state index in [1.54, 1.807) is 0 Å². The smallest absolute Gasteiger partial charge is 0.0758 e. The lowest BCUT2D eigenvalue weighted by molar-refractivity contribution is 0.701. The molecule has 1 heterocycles. The zero-order valence-corrected chi connectivity index (χ0v) is 12.8. The molecule has 106 valence electrons. The van der Waals surface area contributed by atoms with Crippen molar-refractivity contribution in [3.63, 3.8) is 0 Å². The molecule has 1 aromatic heterocycles. The monoisotopic (exact) mass is 268 g/mol. The lowest BCUT2D eigenvalue weighted by Crippen LogP contribution is -2.04. The summed E-state index contributed by atoms with van der Waals surface area (Å²) in [5, 5.41) is 4.84. The van der Waals surface area contributed by atoms with Crippen molar-refractivity contribution in [1.82, 2.24) is 4.98 Å². The highest BCUT2D eigenvalue weighted by Gasteiger charge is 2.20. The van der Waals surface area contributed by atoms with Crippen LogP contribution in [0.3, 0.4) is 0 Å². The summed E-state index contributed by atoms with van der Waals surface area (Å²) in [6.45, 7) is 7.46. The summed E-state index contributed by atoms with van der Waals surface area (Å²) in [7, 11) is 0. The van der Waals surface area contributed by atoms with Crippen molar-refractivity contribution in [1.29, 1.82) is 0 Å². The standard InChI is InChI=1S/C18H24N2/c1-4-19-16-11-15(14-7-5-6-8-14)20-18-13(3)10-9-12(2)17(16)18/h9-11,14H,4-8H2,1-3H3,(H,19,20). The molecule has 0 bridgehead atoms. The molecule has 2 aromatic rings. The minimum atomic E-state index is 0.664. The van der Waals surface area contributed by atoms with Gasteiger partial charge >= 0.3 is 0 Å². The maximum Gasteiger partial charge on any atom is 0.0758 e. The van der Waals surface area contributed by atoms with Gasteiger partial charge in [0.05, 0.1) is 5.52 Å². The maximum atomic E-state index is 5.02. The Labute approximate surface area is 121 Å². The first-order valence-electron chi connectivity index (χ1n) is 7.85. The van der Waals surface area contributed by atoms with Gasteiger partial charge in [0, 0.05) is 29.2 Å². The van der Waals surface area contributed by atoms with Crippen LogP contribution in [0, 0.1) is 13.8 Å². The average Bonchev–Trinajstić information content (AvgIpc) is 2.97. The molecule has 0 atom stereocenters. The maximum absolute atomic E-state index is 5.02. The first-order valence-corrected chi connectivity index (χ1v) is 7.85. The normalized spacial score (nSPS) is 15.9. The first-order chi connectivity index (χ1) is 9.70. The number of rotatable bonds is 3. The molecule has 0 radical (unpaired) electrons. The van der Waals surface area contributed by atoms with Crippen LogP contribution in [0.15, 0.2) is 18.2 Å². The van der Waals surface area contributed by atoms with E-state index >= 15 is 0 Å². The second-order valence-corrected chi connectivity index (χ2v) is 6.03. The van der Waals surface area contributed by atoms with Crippen LogP contribution >= 0.6 is 0 Å². The van der Waals surface area contributed by atoms with Crippen molar-refractivity contribution < 1.29 is 0 Å². The molecule has 1 aliphatic rings. The molecule has 1 saturated carbocycles. The minimum Gasteiger partial charge on any atom is -0.385 e. The Hall–Kier alpha value is -1.57. The van der Waals surface area contributed by atoms with Gasteiger partial charge in [0.1, 0.15) is 0 Å². The van der Waals surface area contributed by atoms with E-state index in [0.29, 0.717) is 5.92 Å². The summed E-state index contributed by atoms with van der Waals surface area (Å²) in [5.74, 6) is 0.664. The second kappa shape index (κ2) is 5.43. The van der Waals surface area contributed by atoms with Gasteiger partial charge in [-0.05, 0) is 50.8 Å². The van der Waals surface area contributed by atoms with Gasteiger partial charge in [-0.25, -0.2) is 0 Å². The molecule has 20 heavy (non-hydrogen) atoms. The molecule has 1 fully saturated rings. The third-order valence-corrected chi connectivity index (χ3v) is 4.53. The van der Waals surface area contributed by atoms with E-state index in [4.69, 9.17) is 4.98 Å². The van der Waals surface area contributed by atoms with Crippen LogP contribution in [0.5, 0.6) is 0 Å². The number of nitrogens with zero attached hydrogens (tertiary/aromatic N) is 1. The summed E-state index contributed by atoms with van der Waals surface area (Å²) < 4.78 is 0. The first kappa shape index (κ1) is 13.4. The summed E-state index contributed by atoms with van der Waals surface area (Å²) in [5.41, 5.74) is 6.34. The number of benzene rings is 1. The zero-order valence-electron chi connectivity index (χ0n) is 12.8. The van der Waals surface area contributed by atoms with Gasteiger partial charge in [-0.3, -0.25) is 4.98 Å². The van der Waals surface area contributed by atoms with Gasteiger partial charge in [0.15, 0.2) is 0 Å². The average molecular weight is 268 g/mol. The summed E-state index contributed by atoms with van der Waals surface area (Å²) in [6.07, 6.45) is 5.31. The molecule has 0 unspecified atom stereocenters. The van der Waals surface area contributed by atoms with Crippen molar-refractivity contribution >= 4 is 16.6 Å². The van der Waals surface area contributed by atoms with Crippen LogP contribution in [0.2, 0.25) is 0 Å². The Balaban J connectivity index is 2.21. The van der Waals surface area contributed by atoms with Gasteiger partial charge in [0.25, 0.3) is 0 Å². The second-order valence-electron chi connectivity index (χ2n) is 6.03. The predicted octanol–water partition coefficient (Wildman–Crippen LogP) is 4.94. The third kappa shape index (κ3) is 2.28. The van der Waals surface area contributed by atoms with E-state index in [0.717, 1.165) is 6.54 Å². The summed E-state index contributed by atoms with van der Waals surface area (Å²) >= 11 is 0. The van der Waals surface area contributed by atoms with Crippen molar-refractivity contribution in [3.8, 4) is 0 Å². The van der Waals surface area contributed by atoms with E-state index in [1.165, 1.54) is 59.1 Å². The van der Waals surface area contributed by atoms with Crippen LogP contribution in [-0.4, -0.2) is 11.5 Å². The van der Waals surface area contributed by atoms with Crippen molar-refractivity contribution in [2.24, 2.45) is 0 Å². The van der Waals surface area contributed by atoms with E-state index in [9.17, 15) is 0 Å². The van der Waals surface area contributed by atoms with E-state index < -0.39 is 0 Å². The Morgan fingerprint density at radius 2 is 1.85 bits per heavy atom. The quantitative estimate of drug-likeness (QED) is 0.852. The number of aryl methyl sites for hydroxylation is 2. The number of nitrogens with one attached hydrogen (secondary N) is 1. The highest BCUT2D eigenvalue weighted by atomic mass is 14.9. The van der Waals surface area contributed by atoms with Crippen molar-refractivity contribution in [2.45, 2.75) is 52.4 Å². The molecule has 2 nitrogen and oxygen atoms in total. The van der Waals surface area contributed by atoms with Crippen LogP contribution in [0.4, 0.5) is 5.69 Å². The largest absolute Gasteiger partial charge is 0.385 e. The van der Waals surface area contributed by atoms with Crippen LogP contribution in [0.25, 0.3) is 10.9 Å². The lowest BCUT2D eigenvalue weighted by Gasteiger charge is -2.17. The summed E-state index contributed by atoms with van der Waals surface area (Å²) in [4.78, 5) is 5.02. The fraction of sp³-hybridized carbons (Fsp3) is 0.500. The van der Waals surface area contributed by atoms with E-state index in [1.807, 2.05) is 0 Å². The Bertz CT molecular complexity index is 625. The molecule has 1 aromatic carbocycles. The molecule has 2 heteroatoms. The Kier molecular flexibility index (Phi) is 3.64. The highest BCUT2D eigenvalue weighted by molar-refractivity contribution is 5.96. The Morgan fingerprint density at radius 3 is 2.55 bits per heavy atom. The number of aromatic nitrogens is 1. The molecule has 0 amide bonds. The predicted molar refractivity (Wildman–Crippen MR) is 86.6 cm³/mol. The van der Waals surface area contributed by atoms with Crippen LogP contribution in [-0.2, 0) is 0 Å². The molecular weight excluding hydrogens is 244 g/mol. The van der Waals surface area contributed by atoms with E-state index in [-0.39, 0.29) is 0 Å². The fourth-order valence-corrected chi connectivity index (χ4v) is 3.42. The van der Waals surface area contributed by atoms with Gasteiger partial charge in [0.2, 0.25) is 0 Å². The molecule has 1 aliphatic carbocycles. The third-order valence-electron chi connectivity index (χ3n) is 4.53. The van der Waals surface area contributed by atoms with Gasteiger partial charge in [-0.2, -0.15) is 0 Å². The van der Waals surface area contributed by atoms with Crippen molar-refractivity contribution in [2.75, 3.05) is 11.9 Å². The van der Waals surface area contributed by atoms with E-state index in [2.05, 4.69) is 44.3 Å². The van der Waals surface area contributed by atoms with Crippen LogP contribution < -0.4 is 5.32 Å². The number of pyridine rings is 1. The fourth-order valence-electron chi connectivity index (χ4n) is 3.42. The number of anilines is 1. The zero-order chi connectivity index (χ0) is 14.1. The SMILES string of the molecule is CCNc1cc(C2CCCC2)nc2c(C)ccc(C)c12. The van der Waals surface area contributed by atoms with Gasteiger partial charge in [-0.15, -0.1) is 0 Å². The van der Waals surface area contributed by atoms with Gasteiger partial charge < -0.3 is 5.32 Å². The molecule has 0 spiro atoms. The lowest BCUT2D eigenvalue weighted by atomic mass is 9.98. The van der Waals surface area contributed by atoms with Gasteiger partial charge in [-0.1, -0.05) is 25.0 Å². The Morgan fingerprint density at radius 1 is 1.15 bits per heavy atom. The van der Waals surface area contributed by atoms with Crippen LogP contribution in [0.1, 0.15) is 55.3 Å². The highest BCUT2D eigenvalue weighted by Crippen LogP contribution is 2.37. The molecule has 1 N–H and O–H groups in total. The number of hydrogen-bond acceptors (Lipinski definition) is 2. The molecule has 0 aliphatic heterocycles. The molecule has 3 rings (SSSR count). The molecular formula is C18H24N2. The topological polar surface area (TPSA) is 24.9 Å².